The highest BCUT2D eigenvalue weighted by molar-refractivity contribution is 5.77. The number of hydrogen-bond donors (Lipinski definition) is 2. The topological polar surface area (TPSA) is 44.4 Å². The van der Waals surface area contributed by atoms with E-state index in [-0.39, 0.29) is 6.03 Å². The zero-order valence-electron chi connectivity index (χ0n) is 10.5. The lowest BCUT2D eigenvalue weighted by molar-refractivity contribution is 0.181. The van der Waals surface area contributed by atoms with Gasteiger partial charge in [-0.1, -0.05) is 12.8 Å². The Kier molecular flexibility index (Phi) is 3.23. The number of piperidine rings is 1. The predicted octanol–water partition coefficient (Wildman–Crippen LogP) is 1.32. The fourth-order valence-electron chi connectivity index (χ4n) is 3.64. The van der Waals surface area contributed by atoms with E-state index in [1.807, 2.05) is 0 Å². The summed E-state index contributed by atoms with van der Waals surface area (Å²) in [6.07, 6.45) is 7.56. The van der Waals surface area contributed by atoms with Crippen molar-refractivity contribution in [3.8, 4) is 0 Å². The monoisotopic (exact) mass is 237 g/mol. The number of urea groups is 1. The number of nitrogens with zero attached hydrogens (tertiary/aromatic N) is 1. The van der Waals surface area contributed by atoms with Crippen molar-refractivity contribution in [2.24, 2.45) is 5.92 Å². The molecule has 1 unspecified atom stereocenters. The summed E-state index contributed by atoms with van der Waals surface area (Å²) in [5, 5.41) is 6.57. The number of amides is 2. The molecular formula is C13H23N3O. The van der Waals surface area contributed by atoms with Crippen LogP contribution in [0.15, 0.2) is 0 Å². The maximum absolute atomic E-state index is 12.0. The van der Waals surface area contributed by atoms with Crippen molar-refractivity contribution in [2.45, 2.75) is 50.6 Å². The Morgan fingerprint density at radius 2 is 1.76 bits per heavy atom. The van der Waals surface area contributed by atoms with Crippen molar-refractivity contribution in [3.05, 3.63) is 0 Å². The molecule has 3 fully saturated rings. The van der Waals surface area contributed by atoms with Gasteiger partial charge in [0.1, 0.15) is 0 Å². The molecule has 1 aliphatic carbocycles. The third-order valence-electron chi connectivity index (χ3n) is 4.68. The van der Waals surface area contributed by atoms with E-state index in [0.717, 1.165) is 38.4 Å². The minimum absolute atomic E-state index is 0.189. The molecule has 3 aliphatic rings. The van der Waals surface area contributed by atoms with Gasteiger partial charge in [-0.15, -0.1) is 0 Å². The van der Waals surface area contributed by atoms with E-state index in [4.69, 9.17) is 0 Å². The molecule has 17 heavy (non-hydrogen) atoms. The quantitative estimate of drug-likeness (QED) is 0.761. The first-order chi connectivity index (χ1) is 8.34. The molecule has 1 saturated carbocycles. The fourth-order valence-corrected chi connectivity index (χ4v) is 3.64. The summed E-state index contributed by atoms with van der Waals surface area (Å²) >= 11 is 0. The molecule has 4 nitrogen and oxygen atoms in total. The molecule has 3 rings (SSSR count). The summed E-state index contributed by atoms with van der Waals surface area (Å²) in [5.74, 6) is 0.741. The van der Waals surface area contributed by atoms with Crippen molar-refractivity contribution in [1.82, 2.24) is 15.5 Å². The number of carbonyl (C=O) groups excluding carboxylic acids is 1. The van der Waals surface area contributed by atoms with Crippen LogP contribution >= 0.6 is 0 Å². The second-order valence-electron chi connectivity index (χ2n) is 5.73. The highest BCUT2D eigenvalue weighted by Crippen LogP contribution is 2.31. The van der Waals surface area contributed by atoms with Crippen molar-refractivity contribution < 1.29 is 4.79 Å². The van der Waals surface area contributed by atoms with Gasteiger partial charge in [-0.05, 0) is 44.7 Å². The normalized spacial score (nSPS) is 32.1. The summed E-state index contributed by atoms with van der Waals surface area (Å²) in [4.78, 5) is 14.1. The summed E-state index contributed by atoms with van der Waals surface area (Å²) in [7, 11) is 0. The Bertz CT molecular complexity index is 282. The zero-order chi connectivity index (χ0) is 11.7. The second-order valence-corrected chi connectivity index (χ2v) is 5.73. The van der Waals surface area contributed by atoms with Crippen LogP contribution in [-0.2, 0) is 0 Å². The lowest BCUT2D eigenvalue weighted by atomic mass is 9.98. The standard InChI is InChI=1S/C13H23N3O/c17-13-15-12(10-3-1-2-4-10)9-16(13)11-5-7-14-8-6-11/h10-12,14H,1-9H2,(H,15,17). The van der Waals surface area contributed by atoms with Gasteiger partial charge in [0.05, 0.1) is 6.04 Å². The molecule has 2 heterocycles. The third kappa shape index (κ3) is 2.28. The van der Waals surface area contributed by atoms with Crippen LogP contribution in [-0.4, -0.2) is 42.6 Å². The molecule has 0 aromatic heterocycles. The van der Waals surface area contributed by atoms with Crippen molar-refractivity contribution in [2.75, 3.05) is 19.6 Å². The Morgan fingerprint density at radius 1 is 1.06 bits per heavy atom. The third-order valence-corrected chi connectivity index (χ3v) is 4.68. The van der Waals surface area contributed by atoms with Gasteiger partial charge in [-0.2, -0.15) is 0 Å². The van der Waals surface area contributed by atoms with Gasteiger partial charge in [0, 0.05) is 12.6 Å². The minimum atomic E-state index is 0.189. The van der Waals surface area contributed by atoms with E-state index in [2.05, 4.69) is 15.5 Å². The molecule has 96 valence electrons. The molecular weight excluding hydrogens is 214 g/mol. The largest absolute Gasteiger partial charge is 0.333 e. The van der Waals surface area contributed by atoms with Gasteiger partial charge in [0.25, 0.3) is 0 Å². The number of nitrogens with one attached hydrogen (secondary N) is 2. The Balaban J connectivity index is 1.60. The summed E-state index contributed by atoms with van der Waals surface area (Å²) in [6.45, 7) is 3.07. The summed E-state index contributed by atoms with van der Waals surface area (Å²) in [5.41, 5.74) is 0. The van der Waals surface area contributed by atoms with Crippen LogP contribution in [0.3, 0.4) is 0 Å². The molecule has 2 amide bonds. The van der Waals surface area contributed by atoms with E-state index >= 15 is 0 Å². The smallest absolute Gasteiger partial charge is 0.318 e. The Labute approximate surface area is 103 Å². The van der Waals surface area contributed by atoms with Gasteiger partial charge in [-0.25, -0.2) is 4.79 Å². The summed E-state index contributed by atoms with van der Waals surface area (Å²) in [6, 6.07) is 1.09. The van der Waals surface area contributed by atoms with Gasteiger partial charge in [0.2, 0.25) is 0 Å². The molecule has 0 radical (unpaired) electrons. The maximum atomic E-state index is 12.0. The van der Waals surface area contributed by atoms with Crippen molar-refractivity contribution in [3.63, 3.8) is 0 Å². The molecule has 2 saturated heterocycles. The van der Waals surface area contributed by atoms with Gasteiger partial charge in [0.15, 0.2) is 0 Å². The molecule has 2 N–H and O–H groups in total. The van der Waals surface area contributed by atoms with Crippen LogP contribution in [0.1, 0.15) is 38.5 Å². The molecule has 0 spiro atoms. The van der Waals surface area contributed by atoms with Gasteiger partial charge >= 0.3 is 6.03 Å². The summed E-state index contributed by atoms with van der Waals surface area (Å²) < 4.78 is 0. The first-order valence-corrected chi connectivity index (χ1v) is 7.12. The lowest BCUT2D eigenvalue weighted by Crippen LogP contribution is -2.44. The zero-order valence-corrected chi connectivity index (χ0v) is 10.5. The van der Waals surface area contributed by atoms with Crippen LogP contribution in [0.2, 0.25) is 0 Å². The molecule has 4 heteroatoms. The molecule has 0 bridgehead atoms. The van der Waals surface area contributed by atoms with E-state index in [1.54, 1.807) is 0 Å². The second kappa shape index (κ2) is 4.84. The van der Waals surface area contributed by atoms with Gasteiger partial charge in [-0.3, -0.25) is 0 Å². The highest BCUT2D eigenvalue weighted by atomic mass is 16.2. The highest BCUT2D eigenvalue weighted by Gasteiger charge is 2.38. The molecule has 0 aromatic rings. The molecule has 1 atom stereocenters. The number of rotatable bonds is 2. The Hall–Kier alpha value is -0.770. The Morgan fingerprint density at radius 3 is 2.47 bits per heavy atom. The van der Waals surface area contributed by atoms with Crippen LogP contribution in [0.25, 0.3) is 0 Å². The van der Waals surface area contributed by atoms with E-state index < -0.39 is 0 Å². The minimum Gasteiger partial charge on any atom is -0.333 e. The fraction of sp³-hybridized carbons (Fsp3) is 0.923. The van der Waals surface area contributed by atoms with Crippen LogP contribution in [0.5, 0.6) is 0 Å². The van der Waals surface area contributed by atoms with Gasteiger partial charge < -0.3 is 15.5 Å². The van der Waals surface area contributed by atoms with E-state index in [1.165, 1.54) is 25.7 Å². The van der Waals surface area contributed by atoms with E-state index in [9.17, 15) is 4.79 Å². The average Bonchev–Trinajstić information content (AvgIpc) is 2.99. The van der Waals surface area contributed by atoms with Crippen LogP contribution in [0.4, 0.5) is 4.79 Å². The number of hydrogen-bond acceptors (Lipinski definition) is 2. The average molecular weight is 237 g/mol. The van der Waals surface area contributed by atoms with Crippen LogP contribution in [0, 0.1) is 5.92 Å². The lowest BCUT2D eigenvalue weighted by Gasteiger charge is -2.30. The number of carbonyl (C=O) groups is 1. The SMILES string of the molecule is O=C1NC(C2CCCC2)CN1C1CCNCC1. The predicted molar refractivity (Wildman–Crippen MR) is 66.9 cm³/mol. The van der Waals surface area contributed by atoms with Crippen LogP contribution < -0.4 is 10.6 Å². The van der Waals surface area contributed by atoms with E-state index in [0.29, 0.717) is 12.1 Å². The first-order valence-electron chi connectivity index (χ1n) is 7.12. The van der Waals surface area contributed by atoms with Crippen molar-refractivity contribution >= 4 is 6.03 Å². The maximum Gasteiger partial charge on any atom is 0.318 e. The first kappa shape index (κ1) is 11.3. The molecule has 2 aliphatic heterocycles. The van der Waals surface area contributed by atoms with Crippen molar-refractivity contribution in [1.29, 1.82) is 0 Å². The molecule has 0 aromatic carbocycles.